The minimum absolute atomic E-state index is 0.166. The van der Waals surface area contributed by atoms with Crippen LogP contribution in [0.1, 0.15) is 32.8 Å². The summed E-state index contributed by atoms with van der Waals surface area (Å²) < 4.78 is 16.2. The third kappa shape index (κ3) is 3.50. The predicted molar refractivity (Wildman–Crippen MR) is 84.8 cm³/mol. The fourth-order valence-electron chi connectivity index (χ4n) is 2.99. The van der Waals surface area contributed by atoms with Gasteiger partial charge in [0.1, 0.15) is 18.1 Å². The Morgan fingerprint density at radius 1 is 1.22 bits per heavy atom. The van der Waals surface area contributed by atoms with E-state index in [1.54, 1.807) is 6.26 Å². The lowest BCUT2D eigenvalue weighted by atomic mass is 9.92. The van der Waals surface area contributed by atoms with Crippen molar-refractivity contribution in [3.05, 3.63) is 47.9 Å². The summed E-state index contributed by atoms with van der Waals surface area (Å²) in [7, 11) is 0. The van der Waals surface area contributed by atoms with Crippen molar-refractivity contribution in [1.82, 2.24) is 4.90 Å². The molecule has 0 radical (unpaired) electrons. The Kier molecular flexibility index (Phi) is 4.31. The van der Waals surface area contributed by atoms with E-state index in [-0.39, 0.29) is 30.4 Å². The molecule has 0 N–H and O–H groups in total. The van der Waals surface area contributed by atoms with Crippen LogP contribution in [-0.4, -0.2) is 29.9 Å². The highest BCUT2D eigenvalue weighted by Gasteiger charge is 2.47. The van der Waals surface area contributed by atoms with Crippen LogP contribution < -0.4 is 0 Å². The van der Waals surface area contributed by atoms with Crippen LogP contribution in [0.25, 0.3) is 0 Å². The molecule has 0 unspecified atom stereocenters. The molecule has 2 aliphatic rings. The lowest BCUT2D eigenvalue weighted by Crippen LogP contribution is -2.43. The van der Waals surface area contributed by atoms with Crippen molar-refractivity contribution in [2.24, 2.45) is 5.41 Å². The molecule has 5 nitrogen and oxygen atoms in total. The van der Waals surface area contributed by atoms with Crippen LogP contribution in [0.4, 0.5) is 0 Å². The van der Waals surface area contributed by atoms with E-state index < -0.39 is 0 Å². The van der Waals surface area contributed by atoms with E-state index in [0.29, 0.717) is 18.7 Å². The molecule has 5 heteroatoms. The van der Waals surface area contributed by atoms with Gasteiger partial charge in [-0.15, -0.1) is 0 Å². The summed E-state index contributed by atoms with van der Waals surface area (Å²) in [5.74, 6) is 0.497. The second kappa shape index (κ2) is 6.24. The van der Waals surface area contributed by atoms with E-state index >= 15 is 0 Å². The highest BCUT2D eigenvalue weighted by atomic mass is 16.7. The first-order valence-electron chi connectivity index (χ1n) is 7.89. The minimum Gasteiger partial charge on any atom is -0.462 e. The van der Waals surface area contributed by atoms with Crippen molar-refractivity contribution in [2.75, 3.05) is 6.79 Å². The molecule has 0 bridgehead atoms. The van der Waals surface area contributed by atoms with Crippen LogP contribution in [0, 0.1) is 5.41 Å². The average molecular weight is 317 g/mol. The molecule has 124 valence electrons. The first kappa shape index (κ1) is 15.9. The van der Waals surface area contributed by atoms with Crippen LogP contribution >= 0.6 is 0 Å². The van der Waals surface area contributed by atoms with E-state index in [1.807, 2.05) is 18.2 Å². The Hall–Kier alpha value is -2.01. The molecule has 2 atom stereocenters. The number of cyclic esters (lactones) is 1. The van der Waals surface area contributed by atoms with Crippen molar-refractivity contribution in [3.8, 4) is 0 Å². The van der Waals surface area contributed by atoms with Crippen molar-refractivity contribution < 1.29 is 19.0 Å². The summed E-state index contributed by atoms with van der Waals surface area (Å²) in [4.78, 5) is 14.6. The zero-order chi connectivity index (χ0) is 16.4. The van der Waals surface area contributed by atoms with E-state index in [9.17, 15) is 4.79 Å². The van der Waals surface area contributed by atoms with Crippen LogP contribution in [0.5, 0.6) is 0 Å². The van der Waals surface area contributed by atoms with Gasteiger partial charge in [-0.05, 0) is 5.56 Å². The predicted octanol–water partition coefficient (Wildman–Crippen LogP) is 3.02. The van der Waals surface area contributed by atoms with Gasteiger partial charge in [0.05, 0.1) is 0 Å². The minimum atomic E-state index is -0.354. The van der Waals surface area contributed by atoms with Gasteiger partial charge in [-0.3, -0.25) is 4.79 Å². The molecular weight excluding hydrogens is 294 g/mol. The smallest absolute Gasteiger partial charge is 0.325 e. The van der Waals surface area contributed by atoms with Gasteiger partial charge < -0.3 is 14.2 Å². The number of nitrogens with zero attached hydrogens (tertiary/aromatic N) is 1. The van der Waals surface area contributed by atoms with E-state index in [4.69, 9.17) is 14.2 Å². The molecule has 1 aromatic rings. The number of carbonyl (C=O) groups is 1. The monoisotopic (exact) mass is 317 g/mol. The number of rotatable bonds is 4. The van der Waals surface area contributed by atoms with E-state index in [2.05, 4.69) is 37.8 Å². The fourth-order valence-corrected chi connectivity index (χ4v) is 2.99. The van der Waals surface area contributed by atoms with Crippen LogP contribution in [0.3, 0.4) is 0 Å². The van der Waals surface area contributed by atoms with Gasteiger partial charge in [-0.1, -0.05) is 51.1 Å². The summed E-state index contributed by atoms with van der Waals surface area (Å²) in [6.45, 7) is 7.13. The molecule has 2 aliphatic heterocycles. The molecule has 3 rings (SSSR count). The molecule has 0 aromatic heterocycles. The van der Waals surface area contributed by atoms with Crippen molar-refractivity contribution in [1.29, 1.82) is 0 Å². The maximum Gasteiger partial charge on any atom is 0.325 e. The molecular formula is C18H23NO4. The number of carbonyl (C=O) groups excluding carboxylic acids is 1. The van der Waals surface area contributed by atoms with Crippen molar-refractivity contribution in [3.63, 3.8) is 0 Å². The quantitative estimate of drug-likeness (QED) is 0.799. The van der Waals surface area contributed by atoms with Crippen LogP contribution in [0.2, 0.25) is 0 Å². The molecule has 23 heavy (non-hydrogen) atoms. The van der Waals surface area contributed by atoms with E-state index in [0.717, 1.165) is 5.56 Å². The van der Waals surface area contributed by atoms with Gasteiger partial charge >= 0.3 is 5.97 Å². The van der Waals surface area contributed by atoms with Crippen molar-refractivity contribution >= 4 is 5.97 Å². The second-order valence-corrected chi connectivity index (χ2v) is 7.05. The first-order valence-corrected chi connectivity index (χ1v) is 7.89. The topological polar surface area (TPSA) is 48.0 Å². The normalized spacial score (nSPS) is 24.8. The maximum absolute atomic E-state index is 12.4. The summed E-state index contributed by atoms with van der Waals surface area (Å²) >= 11 is 0. The highest BCUT2D eigenvalue weighted by molar-refractivity contribution is 5.78. The largest absolute Gasteiger partial charge is 0.462 e. The molecule has 1 fully saturated rings. The molecule has 0 amide bonds. The number of hydrogen-bond acceptors (Lipinski definition) is 5. The Morgan fingerprint density at radius 2 is 1.96 bits per heavy atom. The second-order valence-electron chi connectivity index (χ2n) is 7.05. The number of esters is 1. The zero-order valence-electron chi connectivity index (χ0n) is 13.8. The first-order chi connectivity index (χ1) is 10.9. The summed E-state index contributed by atoms with van der Waals surface area (Å²) in [5.41, 5.74) is 0.989. The lowest BCUT2D eigenvalue weighted by Gasteiger charge is -2.34. The molecule has 1 saturated heterocycles. The number of benzene rings is 1. The van der Waals surface area contributed by atoms with Crippen LogP contribution in [0.15, 0.2) is 42.4 Å². The SMILES string of the molecule is CC(C)(C)[C@@H]1OC(=O)[C@@H](CC2=COCO2)N1Cc1ccccc1. The average Bonchev–Trinajstić information content (AvgIpc) is 3.11. The highest BCUT2D eigenvalue weighted by Crippen LogP contribution is 2.36. The lowest BCUT2D eigenvalue weighted by molar-refractivity contribution is -0.147. The Morgan fingerprint density at radius 3 is 2.57 bits per heavy atom. The molecule has 0 aliphatic carbocycles. The van der Waals surface area contributed by atoms with E-state index in [1.165, 1.54) is 0 Å². The maximum atomic E-state index is 12.4. The molecule has 0 spiro atoms. The van der Waals surface area contributed by atoms with Gasteiger partial charge in [0.2, 0.25) is 6.79 Å². The number of ether oxygens (including phenoxy) is 3. The summed E-state index contributed by atoms with van der Waals surface area (Å²) in [5, 5.41) is 0. The molecule has 2 heterocycles. The fraction of sp³-hybridized carbons (Fsp3) is 0.500. The van der Waals surface area contributed by atoms with Crippen molar-refractivity contribution in [2.45, 2.75) is 46.0 Å². The zero-order valence-corrected chi connectivity index (χ0v) is 13.8. The summed E-state index contributed by atoms with van der Waals surface area (Å²) in [6, 6.07) is 9.77. The summed E-state index contributed by atoms with van der Waals surface area (Å²) in [6.07, 6.45) is 1.79. The Labute approximate surface area is 136 Å². The van der Waals surface area contributed by atoms with Crippen LogP contribution in [-0.2, 0) is 25.5 Å². The molecule has 0 saturated carbocycles. The van der Waals surface area contributed by atoms with Gasteiger partial charge in [0, 0.05) is 18.4 Å². The molecule has 1 aromatic carbocycles. The third-order valence-corrected chi connectivity index (χ3v) is 4.07. The van der Waals surface area contributed by atoms with Gasteiger partial charge in [-0.25, -0.2) is 4.90 Å². The third-order valence-electron chi connectivity index (χ3n) is 4.07. The Bertz CT molecular complexity index is 591. The van der Waals surface area contributed by atoms with Gasteiger partial charge in [-0.2, -0.15) is 0 Å². The standard InChI is InChI=1S/C18H23NO4/c1-18(2,3)17-19(10-13-7-5-4-6-8-13)15(16(20)23-17)9-14-11-21-12-22-14/h4-8,11,15,17H,9-10,12H2,1-3H3/t15-,17+/m1/s1. The van der Waals surface area contributed by atoms with Gasteiger partial charge in [0.15, 0.2) is 6.23 Å². The number of hydrogen-bond donors (Lipinski definition) is 0. The Balaban J connectivity index is 1.84. The van der Waals surface area contributed by atoms with Gasteiger partial charge in [0.25, 0.3) is 0 Å².